The Labute approximate surface area is 137 Å². The molecule has 0 aliphatic carbocycles. The molecular weight excluding hydrogens is 317 g/mol. The number of alkyl halides is 3. The van der Waals surface area contributed by atoms with Crippen LogP contribution in [0.15, 0.2) is 48.7 Å². The Balaban J connectivity index is 2.03. The standard InChI is InChI=1S/C18H17F3N2O/c1-24-13-6-7-17-14(8-13)16(10-23-17)15(9-22)11-2-4-12(5-3-11)18(19,20)21/h2-8,10,15,23H,9,22H2,1H3. The number of hydrogen-bond acceptors (Lipinski definition) is 2. The van der Waals surface area contributed by atoms with E-state index in [2.05, 4.69) is 4.98 Å². The van der Waals surface area contributed by atoms with Gasteiger partial charge in [-0.2, -0.15) is 13.2 Å². The second-order valence-corrected chi connectivity index (χ2v) is 5.56. The van der Waals surface area contributed by atoms with Gasteiger partial charge in [0.15, 0.2) is 0 Å². The SMILES string of the molecule is COc1ccc2[nH]cc(C(CN)c3ccc(C(F)(F)F)cc3)c2c1. The molecule has 1 atom stereocenters. The van der Waals surface area contributed by atoms with Crippen LogP contribution in [0.3, 0.4) is 0 Å². The van der Waals surface area contributed by atoms with Crippen LogP contribution in [0.25, 0.3) is 10.9 Å². The van der Waals surface area contributed by atoms with Crippen molar-refractivity contribution in [2.75, 3.05) is 13.7 Å². The van der Waals surface area contributed by atoms with Crippen LogP contribution in [0.2, 0.25) is 0 Å². The molecule has 0 aliphatic heterocycles. The molecule has 3 N–H and O–H groups in total. The zero-order valence-electron chi connectivity index (χ0n) is 13.0. The van der Waals surface area contributed by atoms with Crippen molar-refractivity contribution in [3.05, 3.63) is 65.4 Å². The fourth-order valence-electron chi connectivity index (χ4n) is 2.88. The van der Waals surface area contributed by atoms with Crippen molar-refractivity contribution in [2.24, 2.45) is 5.73 Å². The molecule has 0 spiro atoms. The molecule has 1 aromatic heterocycles. The highest BCUT2D eigenvalue weighted by Gasteiger charge is 2.30. The predicted octanol–water partition coefficient (Wildman–Crippen LogP) is 4.29. The topological polar surface area (TPSA) is 51.0 Å². The van der Waals surface area contributed by atoms with Gasteiger partial charge in [0.2, 0.25) is 0 Å². The van der Waals surface area contributed by atoms with E-state index in [1.807, 2.05) is 24.4 Å². The van der Waals surface area contributed by atoms with Crippen molar-refractivity contribution in [1.82, 2.24) is 4.98 Å². The van der Waals surface area contributed by atoms with Crippen LogP contribution in [0.1, 0.15) is 22.6 Å². The molecule has 3 nitrogen and oxygen atoms in total. The molecule has 0 bridgehead atoms. The van der Waals surface area contributed by atoms with Crippen molar-refractivity contribution < 1.29 is 17.9 Å². The van der Waals surface area contributed by atoms with Crippen LogP contribution in [-0.4, -0.2) is 18.6 Å². The van der Waals surface area contributed by atoms with Crippen LogP contribution in [-0.2, 0) is 6.18 Å². The van der Waals surface area contributed by atoms with Gasteiger partial charge < -0.3 is 15.5 Å². The number of ether oxygens (including phenoxy) is 1. The maximum Gasteiger partial charge on any atom is 0.416 e. The lowest BCUT2D eigenvalue weighted by Gasteiger charge is -2.16. The first-order valence-corrected chi connectivity index (χ1v) is 7.46. The molecule has 3 aromatic rings. The van der Waals surface area contributed by atoms with E-state index in [-0.39, 0.29) is 12.5 Å². The highest BCUT2D eigenvalue weighted by molar-refractivity contribution is 5.85. The molecule has 0 aliphatic rings. The monoisotopic (exact) mass is 334 g/mol. The number of H-pyrrole nitrogens is 1. The molecule has 6 heteroatoms. The predicted molar refractivity (Wildman–Crippen MR) is 87.2 cm³/mol. The van der Waals surface area contributed by atoms with Crippen molar-refractivity contribution in [1.29, 1.82) is 0 Å². The first kappa shape index (κ1) is 16.4. The minimum Gasteiger partial charge on any atom is -0.497 e. The number of benzene rings is 2. The molecule has 3 rings (SSSR count). The van der Waals surface area contributed by atoms with Gasteiger partial charge in [0.1, 0.15) is 5.75 Å². The number of methoxy groups -OCH3 is 1. The molecule has 1 unspecified atom stereocenters. The van der Waals surface area contributed by atoms with Crippen LogP contribution in [0.5, 0.6) is 5.75 Å². The van der Waals surface area contributed by atoms with Crippen molar-refractivity contribution >= 4 is 10.9 Å². The van der Waals surface area contributed by atoms with Gasteiger partial charge in [0.25, 0.3) is 0 Å². The Kier molecular flexibility index (Phi) is 4.24. The summed E-state index contributed by atoms with van der Waals surface area (Å²) in [6.45, 7) is 0.287. The lowest BCUT2D eigenvalue weighted by Crippen LogP contribution is -2.14. The van der Waals surface area contributed by atoms with Crippen LogP contribution in [0.4, 0.5) is 13.2 Å². The zero-order valence-corrected chi connectivity index (χ0v) is 13.0. The lowest BCUT2D eigenvalue weighted by molar-refractivity contribution is -0.137. The molecule has 24 heavy (non-hydrogen) atoms. The summed E-state index contributed by atoms with van der Waals surface area (Å²) >= 11 is 0. The summed E-state index contributed by atoms with van der Waals surface area (Å²) in [4.78, 5) is 3.17. The minimum absolute atomic E-state index is 0.201. The van der Waals surface area contributed by atoms with Gasteiger partial charge in [-0.3, -0.25) is 0 Å². The quantitative estimate of drug-likeness (QED) is 0.748. The molecule has 2 aromatic carbocycles. The van der Waals surface area contributed by atoms with Crippen molar-refractivity contribution in [3.63, 3.8) is 0 Å². The van der Waals surface area contributed by atoms with E-state index in [0.29, 0.717) is 5.75 Å². The van der Waals surface area contributed by atoms with E-state index in [4.69, 9.17) is 10.5 Å². The first-order chi connectivity index (χ1) is 11.4. The number of nitrogens with two attached hydrogens (primary N) is 1. The Hall–Kier alpha value is -2.47. The van der Waals surface area contributed by atoms with Crippen LogP contribution in [0, 0.1) is 0 Å². The van der Waals surface area contributed by atoms with E-state index in [1.165, 1.54) is 12.1 Å². The van der Waals surface area contributed by atoms with Crippen molar-refractivity contribution in [2.45, 2.75) is 12.1 Å². The smallest absolute Gasteiger partial charge is 0.416 e. The van der Waals surface area contributed by atoms with Gasteiger partial charge in [-0.05, 0) is 41.5 Å². The second-order valence-electron chi connectivity index (χ2n) is 5.56. The van der Waals surface area contributed by atoms with Crippen LogP contribution >= 0.6 is 0 Å². The van der Waals surface area contributed by atoms with E-state index in [0.717, 1.165) is 34.2 Å². The van der Waals surface area contributed by atoms with Gasteiger partial charge in [0, 0.05) is 29.6 Å². The Morgan fingerprint density at radius 2 is 1.83 bits per heavy atom. The van der Waals surface area contributed by atoms with Gasteiger partial charge in [-0.25, -0.2) is 0 Å². The molecule has 0 amide bonds. The third-order valence-electron chi connectivity index (χ3n) is 4.17. The second kappa shape index (κ2) is 6.20. The summed E-state index contributed by atoms with van der Waals surface area (Å²) in [5.41, 5.74) is 7.86. The molecule has 0 radical (unpaired) electrons. The third-order valence-corrected chi connectivity index (χ3v) is 4.17. The molecule has 126 valence electrons. The maximum absolute atomic E-state index is 12.7. The average Bonchev–Trinajstić information content (AvgIpc) is 2.98. The number of nitrogens with one attached hydrogen (secondary N) is 1. The molecular formula is C18H17F3N2O. The summed E-state index contributed by atoms with van der Waals surface area (Å²) in [5.74, 6) is 0.514. The number of fused-ring (bicyclic) bond motifs is 1. The normalized spacial score (nSPS) is 13.2. The zero-order chi connectivity index (χ0) is 17.3. The average molecular weight is 334 g/mol. The van der Waals surface area contributed by atoms with E-state index < -0.39 is 11.7 Å². The number of aromatic nitrogens is 1. The van der Waals surface area contributed by atoms with Gasteiger partial charge in [-0.15, -0.1) is 0 Å². The summed E-state index contributed by atoms with van der Waals surface area (Å²) in [6.07, 6.45) is -2.50. The fraction of sp³-hybridized carbons (Fsp3) is 0.222. The Morgan fingerprint density at radius 1 is 1.12 bits per heavy atom. The van der Waals surface area contributed by atoms with E-state index in [9.17, 15) is 13.2 Å². The number of rotatable bonds is 4. The molecule has 1 heterocycles. The fourth-order valence-corrected chi connectivity index (χ4v) is 2.88. The number of halogens is 3. The highest BCUT2D eigenvalue weighted by atomic mass is 19.4. The molecule has 0 fully saturated rings. The Bertz CT molecular complexity index is 838. The molecule has 0 saturated heterocycles. The number of aromatic amines is 1. The Morgan fingerprint density at radius 3 is 2.42 bits per heavy atom. The highest BCUT2D eigenvalue weighted by Crippen LogP contribution is 2.34. The van der Waals surface area contributed by atoms with E-state index in [1.54, 1.807) is 7.11 Å². The summed E-state index contributed by atoms with van der Waals surface area (Å²) < 4.78 is 43.4. The first-order valence-electron chi connectivity index (χ1n) is 7.46. The van der Waals surface area contributed by atoms with Gasteiger partial charge in [-0.1, -0.05) is 12.1 Å². The third kappa shape index (κ3) is 2.97. The minimum atomic E-state index is -4.34. The van der Waals surface area contributed by atoms with Gasteiger partial charge in [0.05, 0.1) is 12.7 Å². The number of hydrogen-bond donors (Lipinski definition) is 2. The maximum atomic E-state index is 12.7. The lowest BCUT2D eigenvalue weighted by atomic mass is 9.90. The summed E-state index contributed by atoms with van der Waals surface area (Å²) in [5, 5.41) is 0.949. The summed E-state index contributed by atoms with van der Waals surface area (Å²) in [6, 6.07) is 10.8. The van der Waals surface area contributed by atoms with Crippen molar-refractivity contribution in [3.8, 4) is 5.75 Å². The van der Waals surface area contributed by atoms with Gasteiger partial charge >= 0.3 is 6.18 Å². The van der Waals surface area contributed by atoms with Crippen LogP contribution < -0.4 is 10.5 Å². The largest absolute Gasteiger partial charge is 0.497 e. The summed E-state index contributed by atoms with van der Waals surface area (Å²) in [7, 11) is 1.59. The van der Waals surface area contributed by atoms with E-state index >= 15 is 0 Å². The molecule has 0 saturated carbocycles.